The highest BCUT2D eigenvalue weighted by Crippen LogP contribution is 2.29. The van der Waals surface area contributed by atoms with Crippen LogP contribution < -0.4 is 10.6 Å². The van der Waals surface area contributed by atoms with Crippen molar-refractivity contribution in [2.75, 3.05) is 32.8 Å². The summed E-state index contributed by atoms with van der Waals surface area (Å²) in [6.45, 7) is 9.41. The van der Waals surface area contributed by atoms with Crippen molar-refractivity contribution in [1.82, 2.24) is 15.5 Å². The summed E-state index contributed by atoms with van der Waals surface area (Å²) in [6, 6.07) is 0.436. The van der Waals surface area contributed by atoms with Crippen molar-refractivity contribution in [3.05, 3.63) is 0 Å². The van der Waals surface area contributed by atoms with Gasteiger partial charge in [0, 0.05) is 25.7 Å². The van der Waals surface area contributed by atoms with E-state index in [0.717, 1.165) is 70.8 Å². The van der Waals surface area contributed by atoms with Gasteiger partial charge >= 0.3 is 6.03 Å². The van der Waals surface area contributed by atoms with Gasteiger partial charge in [-0.3, -0.25) is 0 Å². The first-order chi connectivity index (χ1) is 12.2. The van der Waals surface area contributed by atoms with E-state index in [0.29, 0.717) is 17.9 Å². The Morgan fingerprint density at radius 3 is 2.80 bits per heavy atom. The molecule has 3 rings (SSSR count). The van der Waals surface area contributed by atoms with E-state index in [2.05, 4.69) is 29.4 Å². The van der Waals surface area contributed by atoms with E-state index in [-0.39, 0.29) is 12.1 Å². The number of rotatable bonds is 5. The summed E-state index contributed by atoms with van der Waals surface area (Å²) >= 11 is 0. The number of amides is 2. The SMILES string of the molecule is CCC(CC)C1CC(NC(=O)N2CCCC(C3CCNC3)C2)CCO1. The summed E-state index contributed by atoms with van der Waals surface area (Å²) in [5, 5.41) is 6.80. The monoisotopic (exact) mass is 351 g/mol. The zero-order valence-electron chi connectivity index (χ0n) is 16.1. The molecule has 2 amide bonds. The highest BCUT2D eigenvalue weighted by molar-refractivity contribution is 5.74. The van der Waals surface area contributed by atoms with Crippen LogP contribution in [0.4, 0.5) is 4.79 Å². The number of nitrogens with zero attached hydrogens (tertiary/aromatic N) is 1. The Morgan fingerprint density at radius 2 is 2.08 bits per heavy atom. The molecule has 4 unspecified atom stereocenters. The molecule has 0 aliphatic carbocycles. The standard InChI is InChI=1S/C20H37N3O2/c1-3-15(4-2)19-12-18(8-11-25-19)22-20(24)23-10-5-6-17(14-23)16-7-9-21-13-16/h15-19,21H,3-14H2,1-2H3,(H,22,24). The quantitative estimate of drug-likeness (QED) is 0.800. The van der Waals surface area contributed by atoms with Gasteiger partial charge in [0.2, 0.25) is 0 Å². The average Bonchev–Trinajstić information content (AvgIpc) is 3.18. The fourth-order valence-corrected chi connectivity index (χ4v) is 5.03. The van der Waals surface area contributed by atoms with Gasteiger partial charge in [-0.25, -0.2) is 4.79 Å². The van der Waals surface area contributed by atoms with Crippen molar-refractivity contribution in [2.24, 2.45) is 17.8 Å². The van der Waals surface area contributed by atoms with E-state index in [1.54, 1.807) is 0 Å². The minimum Gasteiger partial charge on any atom is -0.378 e. The Labute approximate surface area is 153 Å². The number of hydrogen-bond donors (Lipinski definition) is 2. The summed E-state index contributed by atoms with van der Waals surface area (Å²) in [7, 11) is 0. The normalized spacial score (nSPS) is 33.6. The Morgan fingerprint density at radius 1 is 1.24 bits per heavy atom. The molecular formula is C20H37N3O2. The lowest BCUT2D eigenvalue weighted by molar-refractivity contribution is -0.0338. The lowest BCUT2D eigenvalue weighted by Gasteiger charge is -2.38. The number of piperidine rings is 1. The van der Waals surface area contributed by atoms with Gasteiger partial charge in [0.05, 0.1) is 6.10 Å². The topological polar surface area (TPSA) is 53.6 Å². The second-order valence-corrected chi connectivity index (χ2v) is 8.26. The zero-order valence-corrected chi connectivity index (χ0v) is 16.1. The van der Waals surface area contributed by atoms with Gasteiger partial charge in [-0.2, -0.15) is 0 Å². The summed E-state index contributed by atoms with van der Waals surface area (Å²) in [6.07, 6.45) is 8.26. The molecular weight excluding hydrogens is 314 g/mol. The molecule has 3 fully saturated rings. The molecule has 0 saturated carbocycles. The van der Waals surface area contributed by atoms with Crippen LogP contribution in [0.1, 0.15) is 58.8 Å². The fraction of sp³-hybridized carbons (Fsp3) is 0.950. The molecule has 0 aromatic carbocycles. The maximum atomic E-state index is 12.8. The molecule has 25 heavy (non-hydrogen) atoms. The first-order valence-corrected chi connectivity index (χ1v) is 10.6. The predicted octanol–water partition coefficient (Wildman–Crippen LogP) is 3.00. The highest BCUT2D eigenvalue weighted by Gasteiger charge is 2.33. The van der Waals surface area contributed by atoms with Gasteiger partial charge in [-0.05, 0) is 62.9 Å². The first-order valence-electron chi connectivity index (χ1n) is 10.6. The maximum Gasteiger partial charge on any atom is 0.317 e. The molecule has 5 nitrogen and oxygen atoms in total. The predicted molar refractivity (Wildman–Crippen MR) is 101 cm³/mol. The van der Waals surface area contributed by atoms with Crippen LogP contribution in [0.15, 0.2) is 0 Å². The van der Waals surface area contributed by atoms with Crippen molar-refractivity contribution in [1.29, 1.82) is 0 Å². The number of ether oxygens (including phenoxy) is 1. The molecule has 2 N–H and O–H groups in total. The van der Waals surface area contributed by atoms with Gasteiger partial charge in [0.1, 0.15) is 0 Å². The van der Waals surface area contributed by atoms with Gasteiger partial charge in [-0.1, -0.05) is 26.7 Å². The minimum atomic E-state index is 0.158. The molecule has 5 heteroatoms. The van der Waals surface area contributed by atoms with E-state index in [4.69, 9.17) is 4.74 Å². The third kappa shape index (κ3) is 4.88. The summed E-state index contributed by atoms with van der Waals surface area (Å²) in [4.78, 5) is 14.9. The molecule has 144 valence electrons. The van der Waals surface area contributed by atoms with Crippen LogP contribution in [-0.4, -0.2) is 55.9 Å². The van der Waals surface area contributed by atoms with Gasteiger partial charge in [0.15, 0.2) is 0 Å². The number of urea groups is 1. The molecule has 3 aliphatic heterocycles. The Balaban J connectivity index is 1.49. The number of carbonyl (C=O) groups excluding carboxylic acids is 1. The molecule has 0 bridgehead atoms. The van der Waals surface area contributed by atoms with Crippen LogP contribution >= 0.6 is 0 Å². The molecule has 3 heterocycles. The number of hydrogen-bond acceptors (Lipinski definition) is 3. The molecule has 3 saturated heterocycles. The lowest BCUT2D eigenvalue weighted by atomic mass is 9.85. The summed E-state index contributed by atoms with van der Waals surface area (Å²) in [5.41, 5.74) is 0. The minimum absolute atomic E-state index is 0.158. The van der Waals surface area contributed by atoms with E-state index >= 15 is 0 Å². The molecule has 0 radical (unpaired) electrons. The van der Waals surface area contributed by atoms with E-state index in [1.807, 2.05) is 0 Å². The molecule has 3 aliphatic rings. The first kappa shape index (κ1) is 19.0. The van der Waals surface area contributed by atoms with Crippen LogP contribution in [0.3, 0.4) is 0 Å². The van der Waals surface area contributed by atoms with Crippen molar-refractivity contribution in [2.45, 2.75) is 70.9 Å². The van der Waals surface area contributed by atoms with Crippen LogP contribution in [0.25, 0.3) is 0 Å². The smallest absolute Gasteiger partial charge is 0.317 e. The van der Waals surface area contributed by atoms with Crippen molar-refractivity contribution >= 4 is 6.03 Å². The van der Waals surface area contributed by atoms with E-state index in [9.17, 15) is 4.79 Å². The van der Waals surface area contributed by atoms with Crippen LogP contribution in [0.5, 0.6) is 0 Å². The van der Waals surface area contributed by atoms with Crippen molar-refractivity contribution < 1.29 is 9.53 Å². The van der Waals surface area contributed by atoms with Gasteiger partial charge < -0.3 is 20.3 Å². The highest BCUT2D eigenvalue weighted by atomic mass is 16.5. The third-order valence-electron chi connectivity index (χ3n) is 6.73. The van der Waals surface area contributed by atoms with E-state index < -0.39 is 0 Å². The maximum absolute atomic E-state index is 12.8. The molecule has 0 aromatic rings. The van der Waals surface area contributed by atoms with Crippen molar-refractivity contribution in [3.8, 4) is 0 Å². The second kappa shape index (κ2) is 9.22. The molecule has 0 spiro atoms. The Kier molecular flexibility index (Phi) is 7.00. The Hall–Kier alpha value is -0.810. The van der Waals surface area contributed by atoms with Crippen LogP contribution in [0.2, 0.25) is 0 Å². The molecule has 4 atom stereocenters. The van der Waals surface area contributed by atoms with Gasteiger partial charge in [0.25, 0.3) is 0 Å². The number of likely N-dealkylation sites (tertiary alicyclic amines) is 1. The van der Waals surface area contributed by atoms with E-state index in [1.165, 1.54) is 12.8 Å². The lowest BCUT2D eigenvalue weighted by Crippen LogP contribution is -2.52. The zero-order chi connectivity index (χ0) is 17.6. The number of nitrogens with one attached hydrogen (secondary N) is 2. The third-order valence-corrected chi connectivity index (χ3v) is 6.73. The summed E-state index contributed by atoms with van der Waals surface area (Å²) in [5.74, 6) is 2.06. The number of carbonyl (C=O) groups is 1. The van der Waals surface area contributed by atoms with Crippen LogP contribution in [-0.2, 0) is 4.74 Å². The van der Waals surface area contributed by atoms with Crippen LogP contribution in [0, 0.1) is 17.8 Å². The Bertz CT molecular complexity index is 421. The largest absolute Gasteiger partial charge is 0.378 e. The van der Waals surface area contributed by atoms with Gasteiger partial charge in [-0.15, -0.1) is 0 Å². The molecule has 0 aromatic heterocycles. The second-order valence-electron chi connectivity index (χ2n) is 8.26. The fourth-order valence-electron chi connectivity index (χ4n) is 5.03. The summed E-state index contributed by atoms with van der Waals surface area (Å²) < 4.78 is 5.99. The average molecular weight is 352 g/mol. The van der Waals surface area contributed by atoms with Crippen molar-refractivity contribution in [3.63, 3.8) is 0 Å².